The van der Waals surface area contributed by atoms with Gasteiger partial charge in [-0.3, -0.25) is 4.79 Å². The zero-order valence-corrected chi connectivity index (χ0v) is 21.9. The van der Waals surface area contributed by atoms with Gasteiger partial charge in [-0.25, -0.2) is 9.48 Å². The highest BCUT2D eigenvalue weighted by Gasteiger charge is 2.38. The lowest BCUT2D eigenvalue weighted by atomic mass is 9.80. The molecule has 0 bridgehead atoms. The first-order valence-corrected chi connectivity index (χ1v) is 12.3. The predicted octanol–water partition coefficient (Wildman–Crippen LogP) is 6.27. The molecule has 0 spiro atoms. The number of hydrogen-bond acceptors (Lipinski definition) is 6. The van der Waals surface area contributed by atoms with Crippen molar-refractivity contribution < 1.29 is 27.8 Å². The maximum Gasteiger partial charge on any atom is 0.408 e. The molecule has 3 rings (SSSR count). The Morgan fingerprint density at radius 2 is 1.79 bits per heavy atom. The van der Waals surface area contributed by atoms with E-state index in [1.165, 1.54) is 18.5 Å². The summed E-state index contributed by atoms with van der Waals surface area (Å²) in [6.45, 7) is 2.40. The van der Waals surface area contributed by atoms with Crippen LogP contribution in [0.1, 0.15) is 51.3 Å². The van der Waals surface area contributed by atoms with Crippen LogP contribution < -0.4 is 5.32 Å². The summed E-state index contributed by atoms with van der Waals surface area (Å²) in [5.41, 5.74) is 1.69. The first-order valence-electron chi connectivity index (χ1n) is 12.3. The highest BCUT2D eigenvalue weighted by Crippen LogP contribution is 2.35. The monoisotopic (exact) mass is 536 g/mol. The van der Waals surface area contributed by atoms with Crippen LogP contribution >= 0.6 is 0 Å². The van der Waals surface area contributed by atoms with Gasteiger partial charge in [0.25, 0.3) is 0 Å². The van der Waals surface area contributed by atoms with Gasteiger partial charge in [0.1, 0.15) is 6.61 Å². The normalized spacial score (nSPS) is 13.0. The molecular formula is C29H30F2N4O4. The van der Waals surface area contributed by atoms with Crippen molar-refractivity contribution in [3.63, 3.8) is 0 Å². The molecule has 0 saturated carbocycles. The predicted molar refractivity (Wildman–Crippen MR) is 140 cm³/mol. The van der Waals surface area contributed by atoms with Crippen LogP contribution in [0.2, 0.25) is 0 Å². The van der Waals surface area contributed by atoms with Crippen LogP contribution in [0.5, 0.6) is 0 Å². The molecule has 0 aliphatic rings. The van der Waals surface area contributed by atoms with E-state index in [9.17, 15) is 23.6 Å². The Morgan fingerprint density at radius 1 is 1.10 bits per heavy atom. The fourth-order valence-electron chi connectivity index (χ4n) is 4.15. The Morgan fingerprint density at radius 3 is 2.38 bits per heavy atom. The number of nitrogens with one attached hydrogen (secondary N) is 1. The molecule has 1 aromatic heterocycles. The van der Waals surface area contributed by atoms with Crippen LogP contribution in [0.25, 0.3) is 11.1 Å². The number of esters is 1. The number of carbonyl (C=O) groups excluding carboxylic acids is 2. The summed E-state index contributed by atoms with van der Waals surface area (Å²) in [4.78, 5) is 26.0. The number of benzene rings is 2. The molecular weight excluding hydrogens is 506 g/mol. The summed E-state index contributed by atoms with van der Waals surface area (Å²) in [5.74, 6) is -0.555. The summed E-state index contributed by atoms with van der Waals surface area (Å²) in [6, 6.07) is 17.9. The number of halogens is 2. The van der Waals surface area contributed by atoms with Gasteiger partial charge in [-0.2, -0.15) is 19.1 Å². The van der Waals surface area contributed by atoms with Crippen LogP contribution in [0, 0.1) is 11.3 Å². The number of carbonyl (C=O) groups is 2. The van der Waals surface area contributed by atoms with E-state index in [1.807, 2.05) is 36.4 Å². The van der Waals surface area contributed by atoms with Gasteiger partial charge in [-0.1, -0.05) is 60.2 Å². The molecule has 0 fully saturated rings. The molecule has 1 N–H and O–H groups in total. The van der Waals surface area contributed by atoms with Crippen molar-refractivity contribution in [3.8, 4) is 17.2 Å². The Labute approximate surface area is 225 Å². The molecule has 8 nitrogen and oxygen atoms in total. The number of alkyl halides is 2. The van der Waals surface area contributed by atoms with Gasteiger partial charge in [0.15, 0.2) is 0 Å². The van der Waals surface area contributed by atoms with E-state index in [0.29, 0.717) is 26.9 Å². The molecule has 1 amide bonds. The minimum absolute atomic E-state index is 0.0132. The quantitative estimate of drug-likeness (QED) is 0.229. The maximum atomic E-state index is 13.1. The molecule has 0 unspecified atom stereocenters. The minimum Gasteiger partial charge on any atom is -0.463 e. The van der Waals surface area contributed by atoms with Crippen molar-refractivity contribution in [1.29, 1.82) is 5.26 Å². The molecule has 0 saturated heterocycles. The first-order chi connectivity index (χ1) is 18.6. The van der Waals surface area contributed by atoms with E-state index in [0.717, 1.165) is 5.56 Å². The van der Waals surface area contributed by atoms with Gasteiger partial charge in [0.2, 0.25) is 0 Å². The van der Waals surface area contributed by atoms with Crippen LogP contribution in [0.3, 0.4) is 0 Å². The second-order valence-corrected chi connectivity index (χ2v) is 9.34. The Hall–Kier alpha value is -4.52. The van der Waals surface area contributed by atoms with E-state index < -0.39 is 24.2 Å². The van der Waals surface area contributed by atoms with E-state index in [2.05, 4.69) is 10.4 Å². The van der Waals surface area contributed by atoms with Crippen molar-refractivity contribution >= 4 is 12.1 Å². The summed E-state index contributed by atoms with van der Waals surface area (Å²) < 4.78 is 37.4. The molecule has 0 aliphatic heterocycles. The number of amides is 1. The van der Waals surface area contributed by atoms with E-state index in [1.54, 1.807) is 45.0 Å². The molecule has 3 aromatic rings. The summed E-state index contributed by atoms with van der Waals surface area (Å²) in [6.07, 6.45) is 2.61. The largest absolute Gasteiger partial charge is 0.463 e. The number of allylic oxidation sites excluding steroid dienone is 1. The number of hydrogen-bond donors (Lipinski definition) is 1. The number of rotatable bonds is 11. The van der Waals surface area contributed by atoms with Crippen LogP contribution in [0.15, 0.2) is 78.6 Å². The van der Waals surface area contributed by atoms with Gasteiger partial charge in [0.05, 0.1) is 30.3 Å². The lowest BCUT2D eigenvalue weighted by molar-refractivity contribution is -0.149. The molecule has 0 aliphatic carbocycles. The standard InChI is InChI=1S/C29H30F2N4O4/c1-20(2)39-26(36)16-29(15-21(3)13-14-32,34-28(37)38-19-22-7-5-4-6-8-22)25-11-9-23(10-12-25)24-17-33-35(18-24)27(30)31/h4-13,17-18,20,27H,15-16,19H2,1-3H3,(H,34,37)/t29-/m1/s1. The highest BCUT2D eigenvalue weighted by atomic mass is 19.3. The summed E-state index contributed by atoms with van der Waals surface area (Å²) >= 11 is 0. The van der Waals surface area contributed by atoms with Crippen molar-refractivity contribution in [2.24, 2.45) is 0 Å². The Balaban J connectivity index is 1.98. The van der Waals surface area contributed by atoms with Crippen molar-refractivity contribution in [3.05, 3.63) is 89.8 Å². The second-order valence-electron chi connectivity index (χ2n) is 9.34. The van der Waals surface area contributed by atoms with Crippen LogP contribution in [-0.2, 0) is 26.4 Å². The van der Waals surface area contributed by atoms with E-state index >= 15 is 0 Å². The van der Waals surface area contributed by atoms with Gasteiger partial charge >= 0.3 is 18.6 Å². The number of ether oxygens (including phenoxy) is 2. The van der Waals surface area contributed by atoms with E-state index in [4.69, 9.17) is 9.47 Å². The van der Waals surface area contributed by atoms with Crippen molar-refractivity contribution in [2.75, 3.05) is 0 Å². The summed E-state index contributed by atoms with van der Waals surface area (Å²) in [7, 11) is 0. The molecule has 10 heteroatoms. The molecule has 39 heavy (non-hydrogen) atoms. The lowest BCUT2D eigenvalue weighted by Gasteiger charge is -2.35. The van der Waals surface area contributed by atoms with Crippen molar-refractivity contribution in [2.45, 2.75) is 58.4 Å². The smallest absolute Gasteiger partial charge is 0.408 e. The Bertz CT molecular complexity index is 1330. The zero-order chi connectivity index (χ0) is 28.4. The lowest BCUT2D eigenvalue weighted by Crippen LogP contribution is -2.48. The van der Waals surface area contributed by atoms with Crippen LogP contribution in [0.4, 0.5) is 13.6 Å². The maximum absolute atomic E-state index is 13.1. The van der Waals surface area contributed by atoms with E-state index in [-0.39, 0.29) is 25.6 Å². The topological polar surface area (TPSA) is 106 Å². The fourth-order valence-corrected chi connectivity index (χ4v) is 4.15. The average Bonchev–Trinajstić information content (AvgIpc) is 3.39. The van der Waals surface area contributed by atoms with Gasteiger partial charge in [0, 0.05) is 17.8 Å². The fraction of sp³-hybridized carbons (Fsp3) is 0.310. The first kappa shape index (κ1) is 29.0. The average molecular weight is 537 g/mol. The second kappa shape index (κ2) is 13.3. The molecule has 1 heterocycles. The molecule has 2 aromatic carbocycles. The van der Waals surface area contributed by atoms with Gasteiger partial charge in [-0.05, 0) is 43.9 Å². The molecule has 204 valence electrons. The third-order valence-electron chi connectivity index (χ3n) is 5.83. The zero-order valence-electron chi connectivity index (χ0n) is 21.9. The summed E-state index contributed by atoms with van der Waals surface area (Å²) in [5, 5.41) is 15.7. The van der Waals surface area contributed by atoms with Crippen LogP contribution in [-0.4, -0.2) is 27.9 Å². The number of nitriles is 1. The number of alkyl carbamates (subject to hydrolysis) is 1. The van der Waals surface area contributed by atoms with Crippen molar-refractivity contribution in [1.82, 2.24) is 15.1 Å². The van der Waals surface area contributed by atoms with Gasteiger partial charge in [-0.15, -0.1) is 0 Å². The highest BCUT2D eigenvalue weighted by molar-refractivity contribution is 5.75. The minimum atomic E-state index is -2.77. The SMILES string of the molecule is CC(=CC#N)C[C@](CC(=O)OC(C)C)(NC(=O)OCc1ccccc1)c1ccc(-c2cnn(C(F)F)c2)cc1. The Kier molecular flexibility index (Phi) is 9.92. The number of nitrogens with zero attached hydrogens (tertiary/aromatic N) is 3. The molecule has 0 radical (unpaired) electrons. The molecule has 1 atom stereocenters. The third-order valence-corrected chi connectivity index (χ3v) is 5.83. The number of aromatic nitrogens is 2. The van der Waals surface area contributed by atoms with Gasteiger partial charge < -0.3 is 14.8 Å². The third kappa shape index (κ3) is 8.23.